The zero-order valence-corrected chi connectivity index (χ0v) is 10.9. The number of rotatable bonds is 3. The summed E-state index contributed by atoms with van der Waals surface area (Å²) in [5, 5.41) is 14.3. The molecule has 0 fully saturated rings. The largest absolute Gasteiger partial charge is 0.399 e. The first kappa shape index (κ1) is 12.5. The van der Waals surface area contributed by atoms with Gasteiger partial charge in [-0.1, -0.05) is 18.2 Å². The average molecular weight is 269 g/mol. The molecule has 2 aromatic rings. The molecule has 0 saturated heterocycles. The first-order chi connectivity index (χ1) is 9.65. The molecule has 3 rings (SSSR count). The summed E-state index contributed by atoms with van der Waals surface area (Å²) < 4.78 is 0. The number of hydrogen-bond donors (Lipinski definition) is 2. The minimum Gasteiger partial charge on any atom is -0.399 e. The highest BCUT2D eigenvalue weighted by Gasteiger charge is 2.24. The molecule has 3 N–H and O–H groups in total. The number of nitrogens with one attached hydrogen (secondary N) is 1. The van der Waals surface area contributed by atoms with Crippen molar-refractivity contribution in [3.63, 3.8) is 0 Å². The van der Waals surface area contributed by atoms with Crippen molar-refractivity contribution >= 4 is 17.1 Å². The molecule has 0 spiro atoms. The standard InChI is InChI=1S/C15H15N3O2/c16-11-6-7-12-10(9-11)5-8-13(12)17-14-3-1-2-4-15(14)18(19)20/h1-4,6-7,9,13,17H,5,8,16H2. The van der Waals surface area contributed by atoms with Crippen molar-refractivity contribution in [2.24, 2.45) is 0 Å². The van der Waals surface area contributed by atoms with Crippen molar-refractivity contribution < 1.29 is 4.92 Å². The number of hydrogen-bond acceptors (Lipinski definition) is 4. The predicted octanol–water partition coefficient (Wildman–Crippen LogP) is 3.28. The Morgan fingerprint density at radius 2 is 2.05 bits per heavy atom. The Labute approximate surface area is 116 Å². The van der Waals surface area contributed by atoms with Crippen LogP contribution in [0.15, 0.2) is 42.5 Å². The molecule has 102 valence electrons. The van der Waals surface area contributed by atoms with Crippen LogP contribution in [-0.2, 0) is 6.42 Å². The molecule has 0 radical (unpaired) electrons. The lowest BCUT2D eigenvalue weighted by Crippen LogP contribution is -2.08. The molecule has 1 atom stereocenters. The van der Waals surface area contributed by atoms with Gasteiger partial charge in [-0.2, -0.15) is 0 Å². The fourth-order valence-corrected chi connectivity index (χ4v) is 2.73. The van der Waals surface area contributed by atoms with Crippen LogP contribution in [0.3, 0.4) is 0 Å². The molecule has 0 bridgehead atoms. The van der Waals surface area contributed by atoms with Crippen LogP contribution in [0.25, 0.3) is 0 Å². The van der Waals surface area contributed by atoms with E-state index >= 15 is 0 Å². The Kier molecular flexibility index (Phi) is 3.02. The van der Waals surface area contributed by atoms with Crippen molar-refractivity contribution in [3.8, 4) is 0 Å². The molecule has 1 aliphatic rings. The van der Waals surface area contributed by atoms with E-state index in [9.17, 15) is 10.1 Å². The molecule has 1 aliphatic carbocycles. The number of anilines is 2. The highest BCUT2D eigenvalue weighted by atomic mass is 16.6. The van der Waals surface area contributed by atoms with E-state index in [1.807, 2.05) is 18.2 Å². The Morgan fingerprint density at radius 3 is 2.85 bits per heavy atom. The molecule has 0 aromatic heterocycles. The number of nitro benzene ring substituents is 1. The summed E-state index contributed by atoms with van der Waals surface area (Å²) in [4.78, 5) is 10.7. The number of nitrogen functional groups attached to an aromatic ring is 1. The highest BCUT2D eigenvalue weighted by Crippen LogP contribution is 2.36. The molecule has 1 unspecified atom stereocenters. The maximum Gasteiger partial charge on any atom is 0.292 e. The summed E-state index contributed by atoms with van der Waals surface area (Å²) in [6, 6.07) is 12.7. The van der Waals surface area contributed by atoms with Gasteiger partial charge in [0.15, 0.2) is 0 Å². The summed E-state index contributed by atoms with van der Waals surface area (Å²) in [5.74, 6) is 0. The molecule has 5 nitrogen and oxygen atoms in total. The van der Waals surface area contributed by atoms with E-state index < -0.39 is 0 Å². The first-order valence-electron chi connectivity index (χ1n) is 6.53. The zero-order chi connectivity index (χ0) is 14.1. The van der Waals surface area contributed by atoms with Gasteiger partial charge in [-0.25, -0.2) is 0 Å². The van der Waals surface area contributed by atoms with Gasteiger partial charge in [0.2, 0.25) is 0 Å². The molecule has 0 saturated carbocycles. The van der Waals surface area contributed by atoms with E-state index in [-0.39, 0.29) is 16.7 Å². The Balaban J connectivity index is 1.90. The van der Waals surface area contributed by atoms with Gasteiger partial charge >= 0.3 is 0 Å². The van der Waals surface area contributed by atoms with E-state index in [2.05, 4.69) is 5.32 Å². The third kappa shape index (κ3) is 2.18. The monoisotopic (exact) mass is 269 g/mol. The van der Waals surface area contributed by atoms with Crippen LogP contribution in [0.5, 0.6) is 0 Å². The first-order valence-corrected chi connectivity index (χ1v) is 6.53. The average Bonchev–Trinajstić information content (AvgIpc) is 2.81. The van der Waals surface area contributed by atoms with E-state index in [1.165, 1.54) is 17.2 Å². The summed E-state index contributed by atoms with van der Waals surface area (Å²) in [7, 11) is 0. The number of nitro groups is 1. The molecular weight excluding hydrogens is 254 g/mol. The number of para-hydroxylation sites is 2. The molecule has 2 aromatic carbocycles. The molecule has 0 amide bonds. The van der Waals surface area contributed by atoms with Crippen molar-refractivity contribution in [2.45, 2.75) is 18.9 Å². The molecular formula is C15H15N3O2. The fourth-order valence-electron chi connectivity index (χ4n) is 2.73. The van der Waals surface area contributed by atoms with Crippen LogP contribution in [0.1, 0.15) is 23.6 Å². The Bertz CT molecular complexity index is 670. The van der Waals surface area contributed by atoms with E-state index in [0.29, 0.717) is 5.69 Å². The van der Waals surface area contributed by atoms with Gasteiger partial charge in [0.05, 0.1) is 11.0 Å². The molecule has 0 aliphatic heterocycles. The van der Waals surface area contributed by atoms with Crippen LogP contribution in [0.2, 0.25) is 0 Å². The predicted molar refractivity (Wildman–Crippen MR) is 78.6 cm³/mol. The van der Waals surface area contributed by atoms with Gasteiger partial charge in [-0.3, -0.25) is 10.1 Å². The van der Waals surface area contributed by atoms with Crippen LogP contribution in [0, 0.1) is 10.1 Å². The SMILES string of the molecule is Nc1ccc2c(c1)CCC2Nc1ccccc1[N+](=O)[O-]. The van der Waals surface area contributed by atoms with Crippen molar-refractivity contribution in [2.75, 3.05) is 11.1 Å². The topological polar surface area (TPSA) is 81.2 Å². The van der Waals surface area contributed by atoms with E-state index in [0.717, 1.165) is 18.5 Å². The third-order valence-corrected chi connectivity index (χ3v) is 3.68. The van der Waals surface area contributed by atoms with Crippen LogP contribution < -0.4 is 11.1 Å². The minimum absolute atomic E-state index is 0.103. The minimum atomic E-state index is -0.360. The number of nitrogens with two attached hydrogens (primary N) is 1. The second-order valence-corrected chi connectivity index (χ2v) is 4.97. The summed E-state index contributed by atoms with van der Waals surface area (Å²) in [6.07, 6.45) is 1.86. The third-order valence-electron chi connectivity index (χ3n) is 3.68. The van der Waals surface area contributed by atoms with E-state index in [1.54, 1.807) is 18.2 Å². The fraction of sp³-hybridized carbons (Fsp3) is 0.200. The lowest BCUT2D eigenvalue weighted by atomic mass is 10.1. The lowest BCUT2D eigenvalue weighted by molar-refractivity contribution is -0.384. The smallest absolute Gasteiger partial charge is 0.292 e. The molecule has 20 heavy (non-hydrogen) atoms. The van der Waals surface area contributed by atoms with Crippen LogP contribution in [-0.4, -0.2) is 4.92 Å². The maximum atomic E-state index is 11.0. The number of fused-ring (bicyclic) bond motifs is 1. The zero-order valence-electron chi connectivity index (χ0n) is 10.9. The highest BCUT2D eigenvalue weighted by molar-refractivity contribution is 5.63. The number of aryl methyl sites for hydroxylation is 1. The van der Waals surface area contributed by atoms with Gasteiger partial charge in [0, 0.05) is 11.8 Å². The van der Waals surface area contributed by atoms with Crippen molar-refractivity contribution in [1.82, 2.24) is 0 Å². The van der Waals surface area contributed by atoms with Crippen molar-refractivity contribution in [3.05, 3.63) is 63.7 Å². The van der Waals surface area contributed by atoms with Gasteiger partial charge in [-0.05, 0) is 42.2 Å². The van der Waals surface area contributed by atoms with E-state index in [4.69, 9.17) is 5.73 Å². The van der Waals surface area contributed by atoms with Gasteiger partial charge < -0.3 is 11.1 Å². The summed E-state index contributed by atoms with van der Waals surface area (Å²) >= 11 is 0. The molecule has 0 heterocycles. The van der Waals surface area contributed by atoms with Gasteiger partial charge in [-0.15, -0.1) is 0 Å². The second-order valence-electron chi connectivity index (χ2n) is 4.97. The Hall–Kier alpha value is -2.56. The van der Waals surface area contributed by atoms with Crippen LogP contribution >= 0.6 is 0 Å². The summed E-state index contributed by atoms with van der Waals surface area (Å²) in [5.41, 5.74) is 9.61. The lowest BCUT2D eigenvalue weighted by Gasteiger charge is -2.15. The second kappa shape index (κ2) is 4.85. The quantitative estimate of drug-likeness (QED) is 0.509. The maximum absolute atomic E-state index is 11.0. The van der Waals surface area contributed by atoms with Gasteiger partial charge in [0.25, 0.3) is 5.69 Å². The normalized spacial score (nSPS) is 16.7. The van der Waals surface area contributed by atoms with Crippen molar-refractivity contribution in [1.29, 1.82) is 0 Å². The molecule has 5 heteroatoms. The number of nitrogens with zero attached hydrogens (tertiary/aromatic N) is 1. The Morgan fingerprint density at radius 1 is 1.25 bits per heavy atom. The summed E-state index contributed by atoms with van der Waals surface area (Å²) in [6.45, 7) is 0. The van der Waals surface area contributed by atoms with Crippen LogP contribution in [0.4, 0.5) is 17.1 Å². The van der Waals surface area contributed by atoms with Gasteiger partial charge in [0.1, 0.15) is 5.69 Å². The number of benzene rings is 2.